The summed E-state index contributed by atoms with van der Waals surface area (Å²) in [6, 6.07) is 5.90. The van der Waals surface area contributed by atoms with Crippen LogP contribution in [-0.4, -0.2) is 18.1 Å². The second kappa shape index (κ2) is 6.17. The third-order valence-electron chi connectivity index (χ3n) is 2.78. The summed E-state index contributed by atoms with van der Waals surface area (Å²) in [5.41, 5.74) is 2.96. The van der Waals surface area contributed by atoms with Crippen LogP contribution in [0.4, 0.5) is 0 Å². The molecule has 1 aromatic heterocycles. The Hall–Kier alpha value is -1.39. The Kier molecular flexibility index (Phi) is 4.56. The number of methoxy groups -OCH3 is 1. The number of nitrogens with zero attached hydrogens (tertiary/aromatic N) is 1. The number of halogens is 1. The van der Waals surface area contributed by atoms with Crippen LogP contribution in [0, 0.1) is 6.92 Å². The monoisotopic (exact) mass is 295 g/mol. The first-order valence-corrected chi connectivity index (χ1v) is 7.13. The molecule has 0 spiro atoms. The van der Waals surface area contributed by atoms with Gasteiger partial charge in [0.1, 0.15) is 5.01 Å². The van der Waals surface area contributed by atoms with Crippen molar-refractivity contribution in [3.05, 3.63) is 39.9 Å². The fraction of sp³-hybridized carbons (Fsp3) is 0.286. The third kappa shape index (κ3) is 3.55. The molecule has 1 aromatic carbocycles. The van der Waals surface area contributed by atoms with E-state index in [1.807, 2.05) is 30.5 Å². The van der Waals surface area contributed by atoms with E-state index in [1.54, 1.807) is 11.3 Å². The molecule has 0 amide bonds. The molecular formula is C14H14ClNO2S. The van der Waals surface area contributed by atoms with Crippen molar-refractivity contribution in [3.63, 3.8) is 0 Å². The molecule has 0 aliphatic heterocycles. The molecule has 1 heterocycles. The molecule has 19 heavy (non-hydrogen) atoms. The number of benzene rings is 1. The van der Waals surface area contributed by atoms with Gasteiger partial charge in [-0.15, -0.1) is 11.3 Å². The molecule has 0 fully saturated rings. The molecule has 0 aliphatic carbocycles. The number of hydrogen-bond donors (Lipinski definition) is 0. The molecule has 0 radical (unpaired) electrons. The van der Waals surface area contributed by atoms with E-state index in [1.165, 1.54) is 7.11 Å². The van der Waals surface area contributed by atoms with Crippen LogP contribution in [-0.2, 0) is 16.0 Å². The van der Waals surface area contributed by atoms with Gasteiger partial charge in [-0.2, -0.15) is 0 Å². The van der Waals surface area contributed by atoms with Crippen LogP contribution in [0.1, 0.15) is 17.7 Å². The third-order valence-corrected chi connectivity index (χ3v) is 4.13. The lowest BCUT2D eigenvalue weighted by Crippen LogP contribution is -2.01. The van der Waals surface area contributed by atoms with Gasteiger partial charge in [0.15, 0.2) is 0 Å². The van der Waals surface area contributed by atoms with Crippen LogP contribution < -0.4 is 0 Å². The molecule has 2 rings (SSSR count). The molecule has 5 heteroatoms. The normalized spacial score (nSPS) is 10.5. The summed E-state index contributed by atoms with van der Waals surface area (Å²) in [5.74, 6) is -0.215. The number of carbonyl (C=O) groups is 1. The molecule has 3 nitrogen and oxygen atoms in total. The summed E-state index contributed by atoms with van der Waals surface area (Å²) in [4.78, 5) is 15.6. The average Bonchev–Trinajstić information content (AvgIpc) is 2.88. The van der Waals surface area contributed by atoms with Gasteiger partial charge < -0.3 is 4.74 Å². The minimum absolute atomic E-state index is 0.215. The topological polar surface area (TPSA) is 39.2 Å². The largest absolute Gasteiger partial charge is 0.469 e. The van der Waals surface area contributed by atoms with Crippen molar-refractivity contribution < 1.29 is 9.53 Å². The summed E-state index contributed by atoms with van der Waals surface area (Å²) in [5, 5.41) is 3.62. The smallest absolute Gasteiger partial charge is 0.305 e. The van der Waals surface area contributed by atoms with Gasteiger partial charge in [-0.25, -0.2) is 4.98 Å². The zero-order chi connectivity index (χ0) is 13.8. The Morgan fingerprint density at radius 2 is 2.26 bits per heavy atom. The summed E-state index contributed by atoms with van der Waals surface area (Å²) in [6.45, 7) is 1.97. The predicted octanol–water partition coefficient (Wildman–Crippen LogP) is 3.88. The first-order valence-electron chi connectivity index (χ1n) is 5.88. The minimum atomic E-state index is -0.215. The van der Waals surface area contributed by atoms with Gasteiger partial charge in [-0.3, -0.25) is 4.79 Å². The average molecular weight is 296 g/mol. The number of esters is 1. The van der Waals surface area contributed by atoms with Gasteiger partial charge in [0.2, 0.25) is 0 Å². The highest BCUT2D eigenvalue weighted by atomic mass is 35.5. The zero-order valence-electron chi connectivity index (χ0n) is 10.8. The fourth-order valence-corrected chi connectivity index (χ4v) is 2.64. The van der Waals surface area contributed by atoms with Crippen LogP contribution in [0.25, 0.3) is 10.6 Å². The van der Waals surface area contributed by atoms with Gasteiger partial charge in [0.05, 0.1) is 19.2 Å². The molecule has 0 N–H and O–H groups in total. The zero-order valence-corrected chi connectivity index (χ0v) is 12.3. The van der Waals surface area contributed by atoms with E-state index < -0.39 is 0 Å². The van der Waals surface area contributed by atoms with Crippen molar-refractivity contribution in [2.75, 3.05) is 7.11 Å². The maximum Gasteiger partial charge on any atom is 0.305 e. The van der Waals surface area contributed by atoms with Crippen LogP contribution in [0.15, 0.2) is 23.6 Å². The van der Waals surface area contributed by atoms with Gasteiger partial charge >= 0.3 is 5.97 Å². The van der Waals surface area contributed by atoms with Crippen LogP contribution in [0.5, 0.6) is 0 Å². The van der Waals surface area contributed by atoms with Crippen molar-refractivity contribution in [2.24, 2.45) is 0 Å². The standard InChI is InChI=1S/C14H14ClNO2S/c1-9-3-4-10(7-12(9)15)14-16-11(8-19-14)5-6-13(17)18-2/h3-4,7-8H,5-6H2,1-2H3. The van der Waals surface area contributed by atoms with Crippen molar-refractivity contribution in [3.8, 4) is 10.6 Å². The van der Waals surface area contributed by atoms with Gasteiger partial charge in [0, 0.05) is 22.4 Å². The first kappa shape index (κ1) is 14.0. The lowest BCUT2D eigenvalue weighted by Gasteiger charge is -2.00. The number of rotatable bonds is 4. The van der Waals surface area contributed by atoms with E-state index in [2.05, 4.69) is 9.72 Å². The summed E-state index contributed by atoms with van der Waals surface area (Å²) in [6.07, 6.45) is 0.955. The van der Waals surface area contributed by atoms with Gasteiger partial charge in [-0.05, 0) is 18.6 Å². The molecule has 0 bridgehead atoms. The van der Waals surface area contributed by atoms with Crippen LogP contribution in [0.3, 0.4) is 0 Å². The van der Waals surface area contributed by atoms with Crippen molar-refractivity contribution in [2.45, 2.75) is 19.8 Å². The second-order valence-corrected chi connectivity index (χ2v) is 5.45. The lowest BCUT2D eigenvalue weighted by molar-refractivity contribution is -0.140. The van der Waals surface area contributed by atoms with E-state index in [0.29, 0.717) is 12.8 Å². The molecule has 2 aromatic rings. The Labute approximate surface area is 121 Å². The number of aromatic nitrogens is 1. The van der Waals surface area contributed by atoms with E-state index in [4.69, 9.17) is 11.6 Å². The fourth-order valence-electron chi connectivity index (χ4n) is 1.61. The number of hydrogen-bond acceptors (Lipinski definition) is 4. The minimum Gasteiger partial charge on any atom is -0.469 e. The lowest BCUT2D eigenvalue weighted by atomic mass is 10.1. The number of carbonyl (C=O) groups excluding carboxylic acids is 1. The van der Waals surface area contributed by atoms with E-state index >= 15 is 0 Å². The maximum absolute atomic E-state index is 11.1. The number of ether oxygens (including phenoxy) is 1. The molecule has 100 valence electrons. The molecule has 0 saturated heterocycles. The second-order valence-electron chi connectivity index (χ2n) is 4.18. The maximum atomic E-state index is 11.1. The predicted molar refractivity (Wildman–Crippen MR) is 77.6 cm³/mol. The van der Waals surface area contributed by atoms with Crippen molar-refractivity contribution >= 4 is 28.9 Å². The first-order chi connectivity index (χ1) is 9.10. The van der Waals surface area contributed by atoms with Crippen LogP contribution in [0.2, 0.25) is 5.02 Å². The molecule has 0 atom stereocenters. The Morgan fingerprint density at radius 3 is 2.95 bits per heavy atom. The highest BCUT2D eigenvalue weighted by Crippen LogP contribution is 2.28. The van der Waals surface area contributed by atoms with Crippen LogP contribution >= 0.6 is 22.9 Å². The van der Waals surface area contributed by atoms with E-state index in [-0.39, 0.29) is 5.97 Å². The Bertz CT molecular complexity index is 595. The number of thiazole rings is 1. The summed E-state index contributed by atoms with van der Waals surface area (Å²) < 4.78 is 4.61. The molecule has 0 aliphatic rings. The molecule has 0 saturated carbocycles. The number of aryl methyl sites for hydroxylation is 2. The van der Waals surface area contributed by atoms with E-state index in [9.17, 15) is 4.79 Å². The highest BCUT2D eigenvalue weighted by Gasteiger charge is 2.08. The summed E-state index contributed by atoms with van der Waals surface area (Å²) in [7, 11) is 1.39. The van der Waals surface area contributed by atoms with Gasteiger partial charge in [0.25, 0.3) is 0 Å². The molecular weight excluding hydrogens is 282 g/mol. The SMILES string of the molecule is COC(=O)CCc1csc(-c2ccc(C)c(Cl)c2)n1. The highest BCUT2D eigenvalue weighted by molar-refractivity contribution is 7.13. The van der Waals surface area contributed by atoms with Crippen molar-refractivity contribution in [1.29, 1.82) is 0 Å². The van der Waals surface area contributed by atoms with Crippen molar-refractivity contribution in [1.82, 2.24) is 4.98 Å². The Balaban J connectivity index is 2.12. The Morgan fingerprint density at radius 1 is 1.47 bits per heavy atom. The van der Waals surface area contributed by atoms with Gasteiger partial charge in [-0.1, -0.05) is 23.7 Å². The molecule has 0 unspecified atom stereocenters. The van der Waals surface area contributed by atoms with E-state index in [0.717, 1.165) is 26.9 Å². The quantitative estimate of drug-likeness (QED) is 0.804. The summed E-state index contributed by atoms with van der Waals surface area (Å²) >= 11 is 7.66.